The van der Waals surface area contributed by atoms with E-state index in [4.69, 9.17) is 4.84 Å². The van der Waals surface area contributed by atoms with E-state index in [1.54, 1.807) is 13.1 Å². The summed E-state index contributed by atoms with van der Waals surface area (Å²) >= 11 is 1.34. The zero-order valence-corrected chi connectivity index (χ0v) is 21.6. The van der Waals surface area contributed by atoms with Gasteiger partial charge >= 0.3 is 12.2 Å². The number of thioether (sulfide) groups is 1. The van der Waals surface area contributed by atoms with Gasteiger partial charge in [0, 0.05) is 49.1 Å². The second-order valence-electron chi connectivity index (χ2n) is 8.59. The van der Waals surface area contributed by atoms with E-state index in [9.17, 15) is 26.7 Å². The molecule has 8 nitrogen and oxygen atoms in total. The number of hydrogen-bond donors (Lipinski definition) is 1. The third-order valence-corrected chi connectivity index (χ3v) is 6.60. The van der Waals surface area contributed by atoms with E-state index >= 15 is 0 Å². The topological polar surface area (TPSA) is 92.6 Å². The van der Waals surface area contributed by atoms with Crippen LogP contribution >= 0.6 is 11.8 Å². The van der Waals surface area contributed by atoms with Gasteiger partial charge in [-0.05, 0) is 38.2 Å². The van der Waals surface area contributed by atoms with Crippen molar-refractivity contribution in [2.24, 2.45) is 5.16 Å². The lowest BCUT2D eigenvalue weighted by atomic mass is 9.90. The number of oxime groups is 1. The monoisotopic (exact) mass is 566 g/mol. The average Bonchev–Trinajstić information content (AvgIpc) is 2.93. The molecule has 1 fully saturated rings. The summed E-state index contributed by atoms with van der Waals surface area (Å²) in [5.74, 6) is -1.98. The number of alkyl halides is 3. The van der Waals surface area contributed by atoms with Gasteiger partial charge in [-0.2, -0.15) is 13.2 Å². The van der Waals surface area contributed by atoms with E-state index in [-0.39, 0.29) is 11.7 Å². The average molecular weight is 567 g/mol. The second-order valence-corrected chi connectivity index (χ2v) is 9.36. The molecule has 0 unspecified atom stereocenters. The van der Waals surface area contributed by atoms with Crippen LogP contribution in [0.25, 0.3) is 0 Å². The number of anilines is 1. The van der Waals surface area contributed by atoms with Crippen LogP contribution in [0.5, 0.6) is 5.75 Å². The van der Waals surface area contributed by atoms with Crippen LogP contribution in [0, 0.1) is 11.6 Å². The fourth-order valence-electron chi connectivity index (χ4n) is 4.02. The molecule has 3 aromatic rings. The van der Waals surface area contributed by atoms with Crippen molar-refractivity contribution in [3.05, 3.63) is 71.3 Å². The van der Waals surface area contributed by atoms with E-state index in [2.05, 4.69) is 25.4 Å². The van der Waals surface area contributed by atoms with Gasteiger partial charge in [0.1, 0.15) is 23.0 Å². The molecule has 2 aromatic heterocycles. The minimum Gasteiger partial charge on any atom is -0.357 e. The molecule has 0 aliphatic carbocycles. The van der Waals surface area contributed by atoms with Crippen LogP contribution in [0.15, 0.2) is 53.0 Å². The Morgan fingerprint density at radius 2 is 1.85 bits per heavy atom. The van der Waals surface area contributed by atoms with Crippen LogP contribution in [0.1, 0.15) is 42.6 Å². The molecule has 1 aliphatic rings. The zero-order valence-electron chi connectivity index (χ0n) is 20.8. The third-order valence-electron chi connectivity index (χ3n) is 6.04. The van der Waals surface area contributed by atoms with E-state index in [1.807, 2.05) is 6.26 Å². The van der Waals surface area contributed by atoms with Crippen LogP contribution in [-0.4, -0.2) is 50.9 Å². The summed E-state index contributed by atoms with van der Waals surface area (Å²) in [6, 6.07) is 4.71. The Hall–Kier alpha value is -3.81. The maximum Gasteiger partial charge on any atom is 0.433 e. The quantitative estimate of drug-likeness (QED) is 0.127. The first kappa shape index (κ1) is 28.2. The molecular weight excluding hydrogens is 543 g/mol. The lowest BCUT2D eigenvalue weighted by Crippen LogP contribution is -2.41. The number of carbonyl (C=O) groups excluding carboxylic acids is 1. The highest BCUT2D eigenvalue weighted by atomic mass is 32.2. The molecule has 0 spiro atoms. The first-order chi connectivity index (χ1) is 18.6. The fraction of sp³-hybridized carbons (Fsp3) is 0.320. The van der Waals surface area contributed by atoms with Crippen molar-refractivity contribution >= 4 is 29.2 Å². The molecule has 1 aromatic carbocycles. The summed E-state index contributed by atoms with van der Waals surface area (Å²) in [5, 5.41) is 6.80. The summed E-state index contributed by atoms with van der Waals surface area (Å²) < 4.78 is 66.7. The van der Waals surface area contributed by atoms with Crippen LogP contribution < -0.4 is 10.2 Å². The van der Waals surface area contributed by atoms with Gasteiger partial charge in [-0.25, -0.2) is 23.5 Å². The number of hydrogen-bond acceptors (Lipinski definition) is 7. The van der Waals surface area contributed by atoms with E-state index < -0.39 is 35.2 Å². The van der Waals surface area contributed by atoms with Crippen molar-refractivity contribution in [3.63, 3.8) is 0 Å². The van der Waals surface area contributed by atoms with Crippen molar-refractivity contribution < 1.29 is 31.6 Å². The summed E-state index contributed by atoms with van der Waals surface area (Å²) in [6.45, 7) is 2.22. The molecule has 206 valence electrons. The fourth-order valence-corrected chi connectivity index (χ4v) is 4.37. The second kappa shape index (κ2) is 11.9. The molecule has 1 aliphatic heterocycles. The molecule has 0 saturated carbocycles. The number of nitrogens with zero attached hydrogens (tertiary/aromatic N) is 5. The highest BCUT2D eigenvalue weighted by Gasteiger charge is 2.33. The molecule has 4 rings (SSSR count). The number of halogens is 5. The number of pyridine rings is 1. The predicted octanol–water partition coefficient (Wildman–Crippen LogP) is 6.11. The molecular formula is C25H23F5N6O2S. The summed E-state index contributed by atoms with van der Waals surface area (Å²) in [4.78, 5) is 31.6. The lowest BCUT2D eigenvalue weighted by molar-refractivity contribution is -0.141. The van der Waals surface area contributed by atoms with Gasteiger partial charge in [-0.15, -0.1) is 0 Å². The number of carbonyl (C=O) groups is 1. The number of aromatic nitrogens is 3. The maximum atomic E-state index is 13.9. The molecule has 14 heteroatoms. The standard InChI is InChI=1S/C25H23F5N6O2S/c1-14(35-38-16-6-9-31-20(12-16)25(28,29)30)17-13-32-23(39-2)33-21(17)15-7-10-36(11-8-15)24(37)34-22-18(26)4-3-5-19(22)27/h3-6,9,12-13,15H,7-8,10-11H2,1-2H3,(H,34,37). The minimum absolute atomic E-state index is 0.106. The van der Waals surface area contributed by atoms with E-state index in [1.165, 1.54) is 28.8 Å². The number of nitrogens with one attached hydrogen (secondary N) is 1. The Bertz CT molecular complexity index is 1360. The number of para-hydroxylation sites is 1. The Kier molecular flexibility index (Phi) is 8.63. The molecule has 2 amide bonds. The minimum atomic E-state index is -4.62. The Morgan fingerprint density at radius 3 is 2.49 bits per heavy atom. The number of urea groups is 1. The van der Waals surface area contributed by atoms with Gasteiger partial charge in [0.25, 0.3) is 0 Å². The highest BCUT2D eigenvalue weighted by molar-refractivity contribution is 7.98. The Balaban J connectivity index is 1.48. The van der Waals surface area contributed by atoms with Gasteiger partial charge in [0.05, 0.1) is 11.4 Å². The van der Waals surface area contributed by atoms with Crippen molar-refractivity contribution in [1.82, 2.24) is 19.9 Å². The van der Waals surface area contributed by atoms with Crippen molar-refractivity contribution in [3.8, 4) is 5.75 Å². The number of likely N-dealkylation sites (tertiary alicyclic amines) is 1. The predicted molar refractivity (Wildman–Crippen MR) is 135 cm³/mol. The van der Waals surface area contributed by atoms with E-state index in [0.717, 1.165) is 24.4 Å². The van der Waals surface area contributed by atoms with Crippen molar-refractivity contribution in [1.29, 1.82) is 0 Å². The molecule has 3 heterocycles. The Labute approximate surface area is 224 Å². The molecule has 0 atom stereocenters. The van der Waals surface area contributed by atoms with Crippen LogP contribution in [0.2, 0.25) is 0 Å². The smallest absolute Gasteiger partial charge is 0.357 e. The first-order valence-corrected chi connectivity index (χ1v) is 13.0. The molecule has 39 heavy (non-hydrogen) atoms. The maximum absolute atomic E-state index is 13.9. The first-order valence-electron chi connectivity index (χ1n) is 11.7. The largest absolute Gasteiger partial charge is 0.433 e. The van der Waals surface area contributed by atoms with Crippen molar-refractivity contribution in [2.75, 3.05) is 24.7 Å². The van der Waals surface area contributed by atoms with Crippen LogP contribution in [0.3, 0.4) is 0 Å². The summed E-state index contributed by atoms with van der Waals surface area (Å²) in [5.41, 5.74) is -0.0528. The SMILES string of the molecule is CSc1ncc(C(C)=NOc2ccnc(C(F)(F)F)c2)c(C2CCN(C(=O)Nc3c(F)cccc3F)CC2)n1. The van der Waals surface area contributed by atoms with Gasteiger partial charge < -0.3 is 15.1 Å². The van der Waals surface area contributed by atoms with Gasteiger partial charge in [0.15, 0.2) is 10.9 Å². The number of piperidine rings is 1. The van der Waals surface area contributed by atoms with Crippen LogP contribution in [-0.2, 0) is 6.18 Å². The highest BCUT2D eigenvalue weighted by Crippen LogP contribution is 2.32. The van der Waals surface area contributed by atoms with Gasteiger partial charge in [-0.1, -0.05) is 23.0 Å². The number of rotatable bonds is 6. The molecule has 1 N–H and O–H groups in total. The lowest BCUT2D eigenvalue weighted by Gasteiger charge is -2.32. The van der Waals surface area contributed by atoms with Gasteiger partial charge in [0.2, 0.25) is 0 Å². The molecule has 1 saturated heterocycles. The third kappa shape index (κ3) is 6.80. The van der Waals surface area contributed by atoms with Crippen molar-refractivity contribution in [2.45, 2.75) is 37.0 Å². The molecule has 0 bridgehead atoms. The Morgan fingerprint density at radius 1 is 1.15 bits per heavy atom. The summed E-state index contributed by atoms with van der Waals surface area (Å²) in [7, 11) is 0. The van der Waals surface area contributed by atoms with E-state index in [0.29, 0.717) is 48.1 Å². The zero-order chi connectivity index (χ0) is 28.2. The van der Waals surface area contributed by atoms with Gasteiger partial charge in [-0.3, -0.25) is 4.98 Å². The molecule has 0 radical (unpaired) electrons. The normalized spacial score (nSPS) is 14.8. The number of amides is 2. The van der Waals surface area contributed by atoms with Crippen LogP contribution in [0.4, 0.5) is 32.4 Å². The summed E-state index contributed by atoms with van der Waals surface area (Å²) in [6.07, 6.45) is 0.748. The number of benzene rings is 1.